The topological polar surface area (TPSA) is 136 Å². The van der Waals surface area contributed by atoms with Gasteiger partial charge < -0.3 is 21.9 Å². The number of aliphatic carboxylic acids is 1. The van der Waals surface area contributed by atoms with E-state index in [4.69, 9.17) is 16.6 Å². The van der Waals surface area contributed by atoms with E-state index in [0.29, 0.717) is 0 Å². The van der Waals surface area contributed by atoms with Crippen molar-refractivity contribution in [1.29, 1.82) is 0 Å². The number of carbonyl (C=O) groups excluding carboxylic acids is 2. The van der Waals surface area contributed by atoms with Crippen LogP contribution < -0.4 is 16.8 Å². The predicted octanol–water partition coefficient (Wildman–Crippen LogP) is -1.05. The van der Waals surface area contributed by atoms with E-state index in [1.54, 1.807) is 6.92 Å². The Kier molecular flexibility index (Phi) is 4.28. The summed E-state index contributed by atoms with van der Waals surface area (Å²) in [6.45, 7) is 1.59. The largest absolute Gasteiger partial charge is 0.480 e. The van der Waals surface area contributed by atoms with E-state index in [0.717, 1.165) is 12.8 Å². The molecule has 7 nitrogen and oxygen atoms in total. The summed E-state index contributed by atoms with van der Waals surface area (Å²) in [6, 6.07) is -1.13. The summed E-state index contributed by atoms with van der Waals surface area (Å²) in [4.78, 5) is 33.5. The van der Waals surface area contributed by atoms with E-state index in [9.17, 15) is 14.4 Å². The first kappa shape index (κ1) is 14.4. The van der Waals surface area contributed by atoms with Crippen molar-refractivity contribution in [3.63, 3.8) is 0 Å². The standard InChI is InChI=1S/C11H19N3O4/c1-11(13,6-2-3-6)10(18)14-7(9(16)17)4-5-8(12)15/h6-7H,2-5,13H2,1H3,(H2,12,15)(H,14,18)(H,16,17)/t7-,11?/m0/s1. The number of hydrogen-bond acceptors (Lipinski definition) is 4. The van der Waals surface area contributed by atoms with Gasteiger partial charge in [-0.2, -0.15) is 0 Å². The molecule has 102 valence electrons. The Morgan fingerprint density at radius 2 is 2.00 bits per heavy atom. The maximum atomic E-state index is 11.9. The lowest BCUT2D eigenvalue weighted by molar-refractivity contribution is -0.143. The van der Waals surface area contributed by atoms with Gasteiger partial charge in [0, 0.05) is 6.42 Å². The first-order chi connectivity index (χ1) is 8.25. The van der Waals surface area contributed by atoms with Gasteiger partial charge >= 0.3 is 5.97 Å². The van der Waals surface area contributed by atoms with Crippen molar-refractivity contribution in [3.8, 4) is 0 Å². The predicted molar refractivity (Wildman–Crippen MR) is 63.3 cm³/mol. The molecule has 6 N–H and O–H groups in total. The molecule has 1 aliphatic carbocycles. The van der Waals surface area contributed by atoms with Crippen molar-refractivity contribution < 1.29 is 19.5 Å². The Bertz CT molecular complexity index is 363. The minimum Gasteiger partial charge on any atom is -0.480 e. The fraction of sp³-hybridized carbons (Fsp3) is 0.727. The van der Waals surface area contributed by atoms with E-state index in [1.807, 2.05) is 0 Å². The Balaban J connectivity index is 2.57. The van der Waals surface area contributed by atoms with Crippen LogP contribution in [0.1, 0.15) is 32.6 Å². The third-order valence-electron chi connectivity index (χ3n) is 3.20. The molecule has 0 bridgehead atoms. The summed E-state index contributed by atoms with van der Waals surface area (Å²) in [7, 11) is 0. The fourth-order valence-electron chi connectivity index (χ4n) is 1.73. The summed E-state index contributed by atoms with van der Waals surface area (Å²) in [6.07, 6.45) is 1.62. The summed E-state index contributed by atoms with van der Waals surface area (Å²) >= 11 is 0. The highest BCUT2D eigenvalue weighted by atomic mass is 16.4. The van der Waals surface area contributed by atoms with Gasteiger partial charge in [0.15, 0.2) is 0 Å². The first-order valence-corrected chi connectivity index (χ1v) is 5.86. The number of hydrogen-bond donors (Lipinski definition) is 4. The lowest BCUT2D eigenvalue weighted by Gasteiger charge is -2.25. The smallest absolute Gasteiger partial charge is 0.326 e. The Morgan fingerprint density at radius 3 is 2.39 bits per heavy atom. The van der Waals surface area contributed by atoms with Crippen LogP contribution in [-0.2, 0) is 14.4 Å². The van der Waals surface area contributed by atoms with E-state index >= 15 is 0 Å². The number of primary amides is 1. The van der Waals surface area contributed by atoms with Crippen LogP contribution in [0.2, 0.25) is 0 Å². The molecule has 0 saturated heterocycles. The van der Waals surface area contributed by atoms with Gasteiger partial charge in [0.2, 0.25) is 11.8 Å². The van der Waals surface area contributed by atoms with Gasteiger partial charge in [-0.3, -0.25) is 9.59 Å². The monoisotopic (exact) mass is 257 g/mol. The van der Waals surface area contributed by atoms with Crippen molar-refractivity contribution >= 4 is 17.8 Å². The van der Waals surface area contributed by atoms with Gasteiger partial charge in [-0.25, -0.2) is 4.79 Å². The Labute approximate surface area is 105 Å². The maximum Gasteiger partial charge on any atom is 0.326 e. The fourth-order valence-corrected chi connectivity index (χ4v) is 1.73. The molecule has 0 aromatic carbocycles. The molecule has 1 rings (SSSR count). The maximum absolute atomic E-state index is 11.9. The molecule has 1 saturated carbocycles. The lowest BCUT2D eigenvalue weighted by atomic mass is 9.95. The number of nitrogens with one attached hydrogen (secondary N) is 1. The van der Waals surface area contributed by atoms with Crippen LogP contribution in [0.3, 0.4) is 0 Å². The molecule has 1 fully saturated rings. The van der Waals surface area contributed by atoms with Gasteiger partial charge in [0.05, 0.1) is 5.54 Å². The van der Waals surface area contributed by atoms with E-state index in [1.165, 1.54) is 0 Å². The summed E-state index contributed by atoms with van der Waals surface area (Å²) < 4.78 is 0. The number of carboxylic acid groups (broad SMARTS) is 1. The minimum atomic E-state index is -1.20. The highest BCUT2D eigenvalue weighted by Crippen LogP contribution is 2.38. The lowest BCUT2D eigenvalue weighted by Crippen LogP contribution is -2.57. The zero-order chi connectivity index (χ0) is 13.9. The highest BCUT2D eigenvalue weighted by Gasteiger charge is 2.44. The normalized spacial score (nSPS) is 19.7. The second kappa shape index (κ2) is 5.34. The summed E-state index contributed by atoms with van der Waals surface area (Å²) in [5, 5.41) is 11.3. The third-order valence-corrected chi connectivity index (χ3v) is 3.20. The second-order valence-electron chi connectivity index (χ2n) is 4.93. The molecule has 0 aliphatic heterocycles. The van der Waals surface area contributed by atoms with Crippen molar-refractivity contribution in [2.24, 2.45) is 17.4 Å². The van der Waals surface area contributed by atoms with Crippen LogP contribution in [0.5, 0.6) is 0 Å². The third kappa shape index (κ3) is 3.69. The molecule has 18 heavy (non-hydrogen) atoms. The number of carbonyl (C=O) groups is 3. The SMILES string of the molecule is CC(N)(C(=O)N[C@@H](CCC(N)=O)C(=O)O)C1CC1. The first-order valence-electron chi connectivity index (χ1n) is 5.86. The average molecular weight is 257 g/mol. The summed E-state index contributed by atoms with van der Waals surface area (Å²) in [5.74, 6) is -2.20. The average Bonchev–Trinajstić information content (AvgIpc) is 3.06. The van der Waals surface area contributed by atoms with Gasteiger partial charge in [-0.15, -0.1) is 0 Å². The molecule has 2 amide bonds. The van der Waals surface area contributed by atoms with Crippen molar-refractivity contribution in [1.82, 2.24) is 5.32 Å². The van der Waals surface area contributed by atoms with Crippen LogP contribution in [0, 0.1) is 5.92 Å². The Morgan fingerprint density at radius 1 is 1.44 bits per heavy atom. The molecule has 0 spiro atoms. The number of nitrogens with two attached hydrogens (primary N) is 2. The van der Waals surface area contributed by atoms with Gasteiger partial charge in [0.25, 0.3) is 0 Å². The molecule has 0 radical (unpaired) electrons. The van der Waals surface area contributed by atoms with Crippen molar-refractivity contribution in [3.05, 3.63) is 0 Å². The second-order valence-corrected chi connectivity index (χ2v) is 4.93. The van der Waals surface area contributed by atoms with Gasteiger partial charge in [-0.05, 0) is 32.1 Å². The number of amides is 2. The van der Waals surface area contributed by atoms with E-state index in [-0.39, 0.29) is 18.8 Å². The Hall–Kier alpha value is -1.63. The van der Waals surface area contributed by atoms with E-state index < -0.39 is 29.4 Å². The molecule has 7 heteroatoms. The quantitative estimate of drug-likeness (QED) is 0.461. The van der Waals surface area contributed by atoms with Crippen LogP contribution in [0.25, 0.3) is 0 Å². The molecule has 1 unspecified atom stereocenters. The van der Waals surface area contributed by atoms with Crippen LogP contribution in [-0.4, -0.2) is 34.5 Å². The number of carboxylic acids is 1. The van der Waals surface area contributed by atoms with Crippen molar-refractivity contribution in [2.45, 2.75) is 44.2 Å². The van der Waals surface area contributed by atoms with E-state index in [2.05, 4.69) is 5.32 Å². The van der Waals surface area contributed by atoms with Gasteiger partial charge in [0.1, 0.15) is 6.04 Å². The van der Waals surface area contributed by atoms with Crippen LogP contribution in [0.4, 0.5) is 0 Å². The van der Waals surface area contributed by atoms with Gasteiger partial charge in [-0.1, -0.05) is 0 Å². The zero-order valence-corrected chi connectivity index (χ0v) is 10.3. The molecular weight excluding hydrogens is 238 g/mol. The van der Waals surface area contributed by atoms with Crippen molar-refractivity contribution in [2.75, 3.05) is 0 Å². The summed E-state index contributed by atoms with van der Waals surface area (Å²) in [5.41, 5.74) is 9.76. The molecule has 2 atom stereocenters. The highest BCUT2D eigenvalue weighted by molar-refractivity contribution is 5.90. The minimum absolute atomic E-state index is 0.0306. The number of rotatable bonds is 7. The molecular formula is C11H19N3O4. The molecule has 0 heterocycles. The molecule has 0 aromatic heterocycles. The molecule has 0 aromatic rings. The zero-order valence-electron chi connectivity index (χ0n) is 10.3. The molecule has 1 aliphatic rings. The van der Waals surface area contributed by atoms with Crippen LogP contribution in [0.15, 0.2) is 0 Å². The van der Waals surface area contributed by atoms with Crippen LogP contribution >= 0.6 is 0 Å².